The molecule has 1 unspecified atom stereocenters. The molecule has 0 radical (unpaired) electrons. The van der Waals surface area contributed by atoms with Gasteiger partial charge in [0.05, 0.1) is 4.90 Å². The van der Waals surface area contributed by atoms with Gasteiger partial charge in [-0.3, -0.25) is 0 Å². The van der Waals surface area contributed by atoms with Gasteiger partial charge in [-0.2, -0.15) is 4.31 Å². The summed E-state index contributed by atoms with van der Waals surface area (Å²) in [4.78, 5) is 23.0. The third kappa shape index (κ3) is 3.45. The number of carbonyl (C=O) groups excluding carboxylic acids is 1. The number of rotatable bonds is 5. The SMILES string of the molecule is O=CCCC1CN(C(=O)O)CCN1S(=O)(=O)c1ccccc1. The van der Waals surface area contributed by atoms with E-state index in [0.29, 0.717) is 12.7 Å². The van der Waals surface area contributed by atoms with Gasteiger partial charge in [0.1, 0.15) is 6.29 Å². The Kier molecular flexibility index (Phi) is 5.15. The molecule has 7 nitrogen and oxygen atoms in total. The molecule has 1 heterocycles. The van der Waals surface area contributed by atoms with Gasteiger partial charge in [-0.25, -0.2) is 13.2 Å². The highest BCUT2D eigenvalue weighted by molar-refractivity contribution is 7.89. The number of carbonyl (C=O) groups is 2. The summed E-state index contributed by atoms with van der Waals surface area (Å²) >= 11 is 0. The maximum absolute atomic E-state index is 12.7. The fourth-order valence-electron chi connectivity index (χ4n) is 2.55. The van der Waals surface area contributed by atoms with E-state index >= 15 is 0 Å². The average molecular weight is 326 g/mol. The van der Waals surface area contributed by atoms with E-state index in [1.165, 1.54) is 21.3 Å². The number of benzene rings is 1. The van der Waals surface area contributed by atoms with E-state index < -0.39 is 22.2 Å². The summed E-state index contributed by atoms with van der Waals surface area (Å²) in [5, 5.41) is 9.08. The quantitative estimate of drug-likeness (QED) is 0.815. The Labute approximate surface area is 129 Å². The fraction of sp³-hybridized carbons (Fsp3) is 0.429. The van der Waals surface area contributed by atoms with Crippen LogP contribution < -0.4 is 0 Å². The van der Waals surface area contributed by atoms with Gasteiger partial charge in [0.15, 0.2) is 0 Å². The number of carboxylic acid groups (broad SMARTS) is 1. The molecule has 120 valence electrons. The average Bonchev–Trinajstić information content (AvgIpc) is 2.53. The molecule has 0 bridgehead atoms. The van der Waals surface area contributed by atoms with Crippen molar-refractivity contribution in [2.45, 2.75) is 23.8 Å². The Balaban J connectivity index is 2.27. The number of nitrogens with zero attached hydrogens (tertiary/aromatic N) is 2. The number of aldehydes is 1. The van der Waals surface area contributed by atoms with Crippen molar-refractivity contribution in [3.8, 4) is 0 Å². The van der Waals surface area contributed by atoms with E-state index in [2.05, 4.69) is 0 Å². The molecule has 1 aromatic carbocycles. The molecule has 22 heavy (non-hydrogen) atoms. The van der Waals surface area contributed by atoms with Crippen molar-refractivity contribution in [3.05, 3.63) is 30.3 Å². The third-order valence-corrected chi connectivity index (χ3v) is 5.63. The summed E-state index contributed by atoms with van der Waals surface area (Å²) in [6.45, 7) is 0.293. The van der Waals surface area contributed by atoms with Gasteiger partial charge in [0, 0.05) is 32.1 Å². The van der Waals surface area contributed by atoms with Gasteiger partial charge in [0.2, 0.25) is 10.0 Å². The Morgan fingerprint density at radius 1 is 1.27 bits per heavy atom. The van der Waals surface area contributed by atoms with Crippen LogP contribution in [0, 0.1) is 0 Å². The summed E-state index contributed by atoms with van der Waals surface area (Å²) in [5.41, 5.74) is 0. The van der Waals surface area contributed by atoms with E-state index in [-0.39, 0.29) is 31.0 Å². The van der Waals surface area contributed by atoms with Crippen LogP contribution in [0.3, 0.4) is 0 Å². The highest BCUT2D eigenvalue weighted by atomic mass is 32.2. The molecule has 1 amide bonds. The summed E-state index contributed by atoms with van der Waals surface area (Å²) in [5.74, 6) is 0. The largest absolute Gasteiger partial charge is 0.465 e. The molecule has 1 aliphatic rings. The lowest BCUT2D eigenvalue weighted by atomic mass is 10.1. The molecule has 1 aromatic rings. The Morgan fingerprint density at radius 2 is 1.95 bits per heavy atom. The van der Waals surface area contributed by atoms with Crippen LogP contribution in [0.25, 0.3) is 0 Å². The van der Waals surface area contributed by atoms with Gasteiger partial charge < -0.3 is 14.8 Å². The Bertz CT molecular complexity index is 632. The molecule has 1 atom stereocenters. The third-order valence-electron chi connectivity index (χ3n) is 3.67. The zero-order valence-electron chi connectivity index (χ0n) is 12.0. The summed E-state index contributed by atoms with van der Waals surface area (Å²) < 4.78 is 26.7. The van der Waals surface area contributed by atoms with Crippen LogP contribution in [-0.4, -0.2) is 60.8 Å². The van der Waals surface area contributed by atoms with Crippen molar-refractivity contribution < 1.29 is 23.1 Å². The number of hydrogen-bond donors (Lipinski definition) is 1. The lowest BCUT2D eigenvalue weighted by molar-refractivity contribution is -0.108. The van der Waals surface area contributed by atoms with Crippen LogP contribution in [-0.2, 0) is 14.8 Å². The summed E-state index contributed by atoms with van der Waals surface area (Å²) in [6, 6.07) is 7.50. The number of hydrogen-bond acceptors (Lipinski definition) is 4. The molecule has 1 N–H and O–H groups in total. The zero-order chi connectivity index (χ0) is 16.2. The van der Waals surface area contributed by atoms with Crippen molar-refractivity contribution in [1.29, 1.82) is 0 Å². The zero-order valence-corrected chi connectivity index (χ0v) is 12.8. The van der Waals surface area contributed by atoms with Crippen molar-refractivity contribution in [3.63, 3.8) is 0 Å². The first-order valence-electron chi connectivity index (χ1n) is 6.95. The van der Waals surface area contributed by atoms with Crippen LogP contribution in [0.1, 0.15) is 12.8 Å². The van der Waals surface area contributed by atoms with Gasteiger partial charge in [-0.1, -0.05) is 18.2 Å². The molecule has 1 fully saturated rings. The minimum atomic E-state index is -3.69. The smallest absolute Gasteiger partial charge is 0.407 e. The highest BCUT2D eigenvalue weighted by Crippen LogP contribution is 2.23. The van der Waals surface area contributed by atoms with E-state index in [9.17, 15) is 18.0 Å². The maximum Gasteiger partial charge on any atom is 0.407 e. The molecule has 0 aromatic heterocycles. The second-order valence-electron chi connectivity index (χ2n) is 5.06. The first-order chi connectivity index (χ1) is 10.5. The predicted octanol–water partition coefficient (Wildman–Crippen LogP) is 1.02. The first kappa shape index (κ1) is 16.4. The second-order valence-corrected chi connectivity index (χ2v) is 6.95. The highest BCUT2D eigenvalue weighted by Gasteiger charge is 2.37. The minimum Gasteiger partial charge on any atom is -0.465 e. The molecule has 0 spiro atoms. The maximum atomic E-state index is 12.7. The normalized spacial score (nSPS) is 19.8. The van der Waals surface area contributed by atoms with Crippen LogP contribution in [0.15, 0.2) is 35.2 Å². The van der Waals surface area contributed by atoms with Gasteiger partial charge in [0.25, 0.3) is 0 Å². The molecular weight excluding hydrogens is 308 g/mol. The molecule has 1 saturated heterocycles. The van der Waals surface area contributed by atoms with Crippen molar-refractivity contribution in [2.24, 2.45) is 0 Å². The number of amides is 1. The predicted molar refractivity (Wildman–Crippen MR) is 79.0 cm³/mol. The molecule has 0 saturated carbocycles. The Morgan fingerprint density at radius 3 is 2.55 bits per heavy atom. The fourth-order valence-corrected chi connectivity index (χ4v) is 4.21. The topological polar surface area (TPSA) is 95.0 Å². The molecular formula is C14H18N2O5S. The van der Waals surface area contributed by atoms with Crippen LogP contribution in [0.5, 0.6) is 0 Å². The van der Waals surface area contributed by atoms with Gasteiger partial charge >= 0.3 is 6.09 Å². The standard InChI is InChI=1S/C14H18N2O5S/c17-10-4-5-12-11-15(14(18)19)8-9-16(12)22(20,21)13-6-2-1-3-7-13/h1-3,6-7,10,12H,4-5,8-9,11H2,(H,18,19). The van der Waals surface area contributed by atoms with E-state index in [1.807, 2.05) is 0 Å². The number of sulfonamides is 1. The minimum absolute atomic E-state index is 0.0786. The van der Waals surface area contributed by atoms with Crippen molar-refractivity contribution in [2.75, 3.05) is 19.6 Å². The van der Waals surface area contributed by atoms with Crippen molar-refractivity contribution in [1.82, 2.24) is 9.21 Å². The van der Waals surface area contributed by atoms with Gasteiger partial charge in [-0.15, -0.1) is 0 Å². The van der Waals surface area contributed by atoms with Crippen molar-refractivity contribution >= 4 is 22.4 Å². The van der Waals surface area contributed by atoms with Gasteiger partial charge in [-0.05, 0) is 18.6 Å². The molecule has 0 aliphatic carbocycles. The Hall–Kier alpha value is -1.93. The van der Waals surface area contributed by atoms with Crippen LogP contribution >= 0.6 is 0 Å². The van der Waals surface area contributed by atoms with E-state index in [4.69, 9.17) is 5.11 Å². The lowest BCUT2D eigenvalue weighted by Crippen LogP contribution is -2.56. The summed E-state index contributed by atoms with van der Waals surface area (Å²) in [6.07, 6.45) is 0.138. The van der Waals surface area contributed by atoms with Crippen LogP contribution in [0.4, 0.5) is 4.79 Å². The van der Waals surface area contributed by atoms with E-state index in [1.54, 1.807) is 18.2 Å². The monoisotopic (exact) mass is 326 g/mol. The molecule has 2 rings (SSSR count). The lowest BCUT2D eigenvalue weighted by Gasteiger charge is -2.39. The summed E-state index contributed by atoms with van der Waals surface area (Å²) in [7, 11) is -3.69. The first-order valence-corrected chi connectivity index (χ1v) is 8.39. The second kappa shape index (κ2) is 6.89. The number of piperazine rings is 1. The molecule has 8 heteroatoms. The van der Waals surface area contributed by atoms with Crippen LogP contribution in [0.2, 0.25) is 0 Å². The van der Waals surface area contributed by atoms with E-state index in [0.717, 1.165) is 0 Å². The molecule has 1 aliphatic heterocycles.